The summed E-state index contributed by atoms with van der Waals surface area (Å²) in [6.45, 7) is 0. The number of rotatable bonds is 4. The van der Waals surface area contributed by atoms with Gasteiger partial charge in [0.05, 0.1) is 14.2 Å². The lowest BCUT2D eigenvalue weighted by Gasteiger charge is -2.06. The molecule has 0 amide bonds. The predicted octanol–water partition coefficient (Wildman–Crippen LogP) is 1.94. The summed E-state index contributed by atoms with van der Waals surface area (Å²) < 4.78 is 34.3. The fraction of sp³-hybridized carbons (Fsp3) is 0.375. The molecule has 0 aromatic carbocycles. The van der Waals surface area contributed by atoms with Crippen LogP contribution in [0.3, 0.4) is 0 Å². The van der Waals surface area contributed by atoms with Gasteiger partial charge < -0.3 is 19.6 Å². The van der Waals surface area contributed by atoms with E-state index in [1.807, 2.05) is 0 Å². The molecule has 0 aliphatic rings. The number of ether oxygens (including phenoxy) is 2. The Labute approximate surface area is 89.0 Å². The highest BCUT2D eigenvalue weighted by Crippen LogP contribution is 2.35. The minimum atomic E-state index is -2.96. The molecule has 88 valence electrons. The Morgan fingerprint density at radius 2 is 1.94 bits per heavy atom. The van der Waals surface area contributed by atoms with Gasteiger partial charge in [0.1, 0.15) is 0 Å². The molecule has 0 fully saturated rings. The number of nitrogens with zero attached hydrogens (tertiary/aromatic N) is 2. The van der Waals surface area contributed by atoms with Gasteiger partial charge in [-0.3, -0.25) is 0 Å². The summed E-state index contributed by atoms with van der Waals surface area (Å²) in [7, 11) is 2.33. The third kappa shape index (κ3) is 2.15. The highest BCUT2D eigenvalue weighted by molar-refractivity contribution is 5.47. The van der Waals surface area contributed by atoms with Crippen molar-refractivity contribution in [2.24, 2.45) is 0 Å². The van der Waals surface area contributed by atoms with Gasteiger partial charge in [0.25, 0.3) is 5.69 Å². The van der Waals surface area contributed by atoms with Gasteiger partial charge in [0.2, 0.25) is 5.75 Å². The van der Waals surface area contributed by atoms with Crippen molar-refractivity contribution in [2.45, 2.75) is 6.43 Å². The van der Waals surface area contributed by atoms with E-state index in [0.717, 1.165) is 13.2 Å². The Morgan fingerprint density at radius 1 is 1.38 bits per heavy atom. The molecule has 6 nitrogen and oxygen atoms in total. The summed E-state index contributed by atoms with van der Waals surface area (Å²) >= 11 is 0. The smallest absolute Gasteiger partial charge is 0.406 e. The highest BCUT2D eigenvalue weighted by atomic mass is 19.3. The fourth-order valence-corrected chi connectivity index (χ4v) is 1.08. The molecule has 0 saturated heterocycles. The maximum Gasteiger partial charge on any atom is 0.406 e. The molecular weight excluding hydrogens is 226 g/mol. The maximum absolute atomic E-state index is 12.5. The molecule has 0 saturated carbocycles. The third-order valence-electron chi connectivity index (χ3n) is 1.78. The lowest BCUT2D eigenvalue weighted by Crippen LogP contribution is -2.03. The number of halogens is 2. The summed E-state index contributed by atoms with van der Waals surface area (Å²) in [5, 5.41) is 10.5. The van der Waals surface area contributed by atoms with Crippen molar-refractivity contribution in [2.75, 3.05) is 14.2 Å². The SMILES string of the molecule is COc1cc(OC)c([N+](=O)[O-])nc1C(F)F. The molecule has 0 spiro atoms. The molecule has 0 unspecified atom stereocenters. The average molecular weight is 234 g/mol. The van der Waals surface area contributed by atoms with Crippen molar-refractivity contribution < 1.29 is 23.2 Å². The quantitative estimate of drug-likeness (QED) is 0.587. The van der Waals surface area contributed by atoms with Crippen molar-refractivity contribution in [1.82, 2.24) is 4.98 Å². The largest absolute Gasteiger partial charge is 0.492 e. The van der Waals surface area contributed by atoms with Crippen LogP contribution in [0.1, 0.15) is 12.1 Å². The first-order valence-corrected chi connectivity index (χ1v) is 4.06. The minimum Gasteiger partial charge on any atom is -0.492 e. The summed E-state index contributed by atoms with van der Waals surface area (Å²) in [5.74, 6) is -1.25. The second-order valence-electron chi connectivity index (χ2n) is 2.66. The highest BCUT2D eigenvalue weighted by Gasteiger charge is 2.28. The Bertz CT molecular complexity index is 411. The second-order valence-corrected chi connectivity index (χ2v) is 2.66. The molecule has 1 aromatic rings. The number of alkyl halides is 2. The van der Waals surface area contributed by atoms with Gasteiger partial charge in [-0.05, 0) is 9.91 Å². The van der Waals surface area contributed by atoms with Crippen LogP contribution in [0, 0.1) is 10.1 Å². The van der Waals surface area contributed by atoms with Crippen molar-refractivity contribution >= 4 is 5.82 Å². The molecule has 1 aromatic heterocycles. The Morgan fingerprint density at radius 3 is 2.31 bits per heavy atom. The van der Waals surface area contributed by atoms with Crippen LogP contribution in [0.4, 0.5) is 14.6 Å². The van der Waals surface area contributed by atoms with Gasteiger partial charge in [-0.25, -0.2) is 8.78 Å². The van der Waals surface area contributed by atoms with E-state index < -0.39 is 22.9 Å². The lowest BCUT2D eigenvalue weighted by molar-refractivity contribution is -0.390. The Kier molecular flexibility index (Phi) is 3.54. The zero-order valence-electron chi connectivity index (χ0n) is 8.44. The minimum absolute atomic E-state index is 0.230. The third-order valence-corrected chi connectivity index (χ3v) is 1.78. The molecule has 0 aliphatic heterocycles. The topological polar surface area (TPSA) is 74.5 Å². The van der Waals surface area contributed by atoms with E-state index in [1.165, 1.54) is 7.11 Å². The van der Waals surface area contributed by atoms with E-state index in [9.17, 15) is 18.9 Å². The van der Waals surface area contributed by atoms with Gasteiger partial charge in [-0.1, -0.05) is 0 Å². The van der Waals surface area contributed by atoms with Crippen molar-refractivity contribution in [3.8, 4) is 11.5 Å². The molecule has 0 aliphatic carbocycles. The molecule has 0 N–H and O–H groups in total. The van der Waals surface area contributed by atoms with Crippen LogP contribution in [0.25, 0.3) is 0 Å². The van der Waals surface area contributed by atoms with Gasteiger partial charge >= 0.3 is 12.2 Å². The van der Waals surface area contributed by atoms with E-state index in [-0.39, 0.29) is 11.5 Å². The van der Waals surface area contributed by atoms with Crippen molar-refractivity contribution in [3.63, 3.8) is 0 Å². The Hall–Kier alpha value is -1.99. The van der Waals surface area contributed by atoms with Crippen molar-refractivity contribution in [3.05, 3.63) is 21.9 Å². The maximum atomic E-state index is 12.5. The number of methoxy groups -OCH3 is 2. The Balaban J connectivity index is 3.40. The van der Waals surface area contributed by atoms with Crippen LogP contribution >= 0.6 is 0 Å². The summed E-state index contributed by atoms with van der Waals surface area (Å²) in [4.78, 5) is 12.8. The van der Waals surface area contributed by atoms with Gasteiger partial charge in [-0.2, -0.15) is 0 Å². The first-order valence-electron chi connectivity index (χ1n) is 4.06. The zero-order valence-corrected chi connectivity index (χ0v) is 8.44. The molecule has 0 bridgehead atoms. The van der Waals surface area contributed by atoms with Gasteiger partial charge in [-0.15, -0.1) is 0 Å². The van der Waals surface area contributed by atoms with E-state index in [2.05, 4.69) is 14.5 Å². The number of hydrogen-bond donors (Lipinski definition) is 0. The molecular formula is C8H8F2N2O4. The number of aromatic nitrogens is 1. The summed E-state index contributed by atoms with van der Waals surface area (Å²) in [5.41, 5.74) is -0.782. The lowest BCUT2D eigenvalue weighted by atomic mass is 10.3. The number of nitro groups is 1. The van der Waals surface area contributed by atoms with Gasteiger partial charge in [0, 0.05) is 6.07 Å². The van der Waals surface area contributed by atoms with Crippen LogP contribution in [0.5, 0.6) is 11.5 Å². The summed E-state index contributed by atoms with van der Waals surface area (Å²) in [6.07, 6.45) is -2.96. The van der Waals surface area contributed by atoms with Crippen LogP contribution in [0.15, 0.2) is 6.07 Å². The van der Waals surface area contributed by atoms with E-state index in [1.54, 1.807) is 0 Å². The molecule has 16 heavy (non-hydrogen) atoms. The standard InChI is InChI=1S/C8H8F2N2O4/c1-15-4-3-5(16-2)8(12(13)14)11-6(4)7(9)10/h3,7H,1-2H3. The van der Waals surface area contributed by atoms with Crippen LogP contribution in [0.2, 0.25) is 0 Å². The normalized spacial score (nSPS) is 10.3. The molecule has 0 radical (unpaired) electrons. The average Bonchev–Trinajstić information content (AvgIpc) is 2.26. The van der Waals surface area contributed by atoms with E-state index in [0.29, 0.717) is 0 Å². The number of hydrogen-bond acceptors (Lipinski definition) is 5. The fourth-order valence-electron chi connectivity index (χ4n) is 1.08. The first-order chi connectivity index (χ1) is 7.51. The van der Waals surface area contributed by atoms with Crippen LogP contribution < -0.4 is 9.47 Å². The van der Waals surface area contributed by atoms with E-state index >= 15 is 0 Å². The van der Waals surface area contributed by atoms with E-state index in [4.69, 9.17) is 0 Å². The predicted molar refractivity (Wildman–Crippen MR) is 49.0 cm³/mol. The zero-order chi connectivity index (χ0) is 12.3. The monoisotopic (exact) mass is 234 g/mol. The molecule has 1 heterocycles. The van der Waals surface area contributed by atoms with Gasteiger partial charge in [0.15, 0.2) is 5.75 Å². The summed E-state index contributed by atoms with van der Waals surface area (Å²) in [6, 6.07) is 1.01. The van der Waals surface area contributed by atoms with Crippen LogP contribution in [-0.4, -0.2) is 24.1 Å². The molecule has 8 heteroatoms. The molecule has 0 atom stereocenters. The molecule has 1 rings (SSSR count). The van der Waals surface area contributed by atoms with Crippen molar-refractivity contribution in [1.29, 1.82) is 0 Å². The second kappa shape index (κ2) is 4.69. The first kappa shape index (κ1) is 12.1. The number of pyridine rings is 1. The van der Waals surface area contributed by atoms with Crippen LogP contribution in [-0.2, 0) is 0 Å².